The summed E-state index contributed by atoms with van der Waals surface area (Å²) in [6.45, 7) is 4.36. The van der Waals surface area contributed by atoms with Crippen LogP contribution in [0.25, 0.3) is 0 Å². The van der Waals surface area contributed by atoms with Gasteiger partial charge in [-0.25, -0.2) is 0 Å². The average Bonchev–Trinajstić information content (AvgIpc) is 3.00. The van der Waals surface area contributed by atoms with Gasteiger partial charge >= 0.3 is 0 Å². The number of hydrogen-bond acceptors (Lipinski definition) is 3. The molecule has 1 heterocycles. The summed E-state index contributed by atoms with van der Waals surface area (Å²) in [4.78, 5) is 1.37. The zero-order chi connectivity index (χ0) is 15.2. The largest absolute Gasteiger partial charge is 0.508 e. The summed E-state index contributed by atoms with van der Waals surface area (Å²) in [5, 5.41) is 16.0. The number of hydrogen-bond donors (Lipinski definition) is 2. The highest BCUT2D eigenvalue weighted by atomic mass is 79.9. The van der Waals surface area contributed by atoms with E-state index in [1.54, 1.807) is 17.4 Å². The number of halogens is 1. The van der Waals surface area contributed by atoms with Crippen LogP contribution in [0, 0.1) is 0 Å². The van der Waals surface area contributed by atoms with Gasteiger partial charge in [0.2, 0.25) is 0 Å². The van der Waals surface area contributed by atoms with E-state index in [1.165, 1.54) is 4.88 Å². The number of aromatic hydroxyl groups is 1. The van der Waals surface area contributed by atoms with Gasteiger partial charge in [-0.15, -0.1) is 11.3 Å². The van der Waals surface area contributed by atoms with Crippen molar-refractivity contribution in [1.82, 2.24) is 5.32 Å². The van der Waals surface area contributed by atoms with Crippen LogP contribution >= 0.6 is 27.3 Å². The van der Waals surface area contributed by atoms with Crippen LogP contribution in [0.2, 0.25) is 0 Å². The Hall–Kier alpha value is -0.840. The number of rotatable bonds is 7. The molecule has 21 heavy (non-hydrogen) atoms. The summed E-state index contributed by atoms with van der Waals surface area (Å²) >= 11 is 5.28. The average molecular weight is 368 g/mol. The van der Waals surface area contributed by atoms with E-state index in [1.807, 2.05) is 12.1 Å². The van der Waals surface area contributed by atoms with Gasteiger partial charge in [0.05, 0.1) is 0 Å². The summed E-state index contributed by atoms with van der Waals surface area (Å²) in [7, 11) is 0. The maximum atomic E-state index is 10.2. The maximum absolute atomic E-state index is 10.2. The fraction of sp³-hybridized carbons (Fsp3) is 0.412. The van der Waals surface area contributed by atoms with Crippen molar-refractivity contribution in [1.29, 1.82) is 0 Å². The lowest BCUT2D eigenvalue weighted by Crippen LogP contribution is -2.25. The topological polar surface area (TPSA) is 32.3 Å². The second-order valence-electron chi connectivity index (χ2n) is 5.19. The van der Waals surface area contributed by atoms with Gasteiger partial charge < -0.3 is 10.4 Å². The summed E-state index contributed by atoms with van der Waals surface area (Å²) in [5.74, 6) is 0.360. The van der Waals surface area contributed by atoms with E-state index in [4.69, 9.17) is 0 Å². The summed E-state index contributed by atoms with van der Waals surface area (Å²) in [6, 6.07) is 10.4. The molecule has 2 N–H and O–H groups in total. The van der Waals surface area contributed by atoms with E-state index in [0.717, 1.165) is 29.3 Å². The summed E-state index contributed by atoms with van der Waals surface area (Å²) in [6.07, 6.45) is 3.18. The first-order valence-corrected chi connectivity index (χ1v) is 9.10. The molecule has 1 aromatic carbocycles. The molecule has 0 aliphatic rings. The van der Waals surface area contributed by atoms with Crippen LogP contribution in [0.1, 0.15) is 55.6 Å². The van der Waals surface area contributed by atoms with Gasteiger partial charge in [0.25, 0.3) is 0 Å². The Bertz CT molecular complexity index is 556. The third kappa shape index (κ3) is 4.31. The van der Waals surface area contributed by atoms with Crippen LogP contribution in [0.4, 0.5) is 0 Å². The fourth-order valence-corrected chi connectivity index (χ4v) is 3.76. The van der Waals surface area contributed by atoms with Crippen molar-refractivity contribution in [3.05, 3.63) is 50.6 Å². The van der Waals surface area contributed by atoms with Crippen molar-refractivity contribution in [3.8, 4) is 5.75 Å². The lowest BCUT2D eigenvalue weighted by Gasteiger charge is -2.25. The van der Waals surface area contributed by atoms with E-state index >= 15 is 0 Å². The second-order valence-corrected chi connectivity index (χ2v) is 7.08. The molecule has 1 aromatic heterocycles. The molecule has 0 amide bonds. The number of phenols is 1. The van der Waals surface area contributed by atoms with Crippen LogP contribution in [-0.2, 0) is 0 Å². The highest BCUT2D eigenvalue weighted by molar-refractivity contribution is 9.10. The van der Waals surface area contributed by atoms with Crippen LogP contribution in [-0.4, -0.2) is 5.11 Å². The van der Waals surface area contributed by atoms with Gasteiger partial charge in [-0.3, -0.25) is 0 Å². The Morgan fingerprint density at radius 2 is 2.05 bits per heavy atom. The zero-order valence-corrected chi connectivity index (χ0v) is 14.9. The second kappa shape index (κ2) is 7.97. The molecule has 0 bridgehead atoms. The molecule has 2 rings (SSSR count). The van der Waals surface area contributed by atoms with Crippen LogP contribution < -0.4 is 5.32 Å². The van der Waals surface area contributed by atoms with Gasteiger partial charge in [-0.05, 0) is 42.5 Å². The molecule has 0 radical (unpaired) electrons. The van der Waals surface area contributed by atoms with E-state index in [2.05, 4.69) is 52.6 Å². The predicted molar refractivity (Wildman–Crippen MR) is 93.9 cm³/mol. The third-order valence-corrected chi connectivity index (χ3v) is 5.12. The SMILES string of the molecule is CCCC(NC(CC)c1cc(Br)ccc1O)c1cccs1. The Labute approximate surface area is 139 Å². The number of thiophene rings is 1. The van der Waals surface area contributed by atoms with Crippen molar-refractivity contribution >= 4 is 27.3 Å². The van der Waals surface area contributed by atoms with Crippen molar-refractivity contribution < 1.29 is 5.11 Å². The number of nitrogens with one attached hydrogen (secondary N) is 1. The normalized spacial score (nSPS) is 14.0. The molecule has 0 fully saturated rings. The molecule has 0 spiro atoms. The molecule has 2 atom stereocenters. The van der Waals surface area contributed by atoms with Gasteiger partial charge in [0, 0.05) is 27.0 Å². The zero-order valence-electron chi connectivity index (χ0n) is 12.5. The van der Waals surface area contributed by atoms with E-state index in [-0.39, 0.29) is 6.04 Å². The Balaban J connectivity index is 2.22. The van der Waals surface area contributed by atoms with Crippen molar-refractivity contribution in [3.63, 3.8) is 0 Å². The third-order valence-electron chi connectivity index (χ3n) is 3.64. The molecule has 2 unspecified atom stereocenters. The van der Waals surface area contributed by atoms with E-state index < -0.39 is 0 Å². The van der Waals surface area contributed by atoms with Gasteiger partial charge in [0.1, 0.15) is 5.75 Å². The lowest BCUT2D eigenvalue weighted by atomic mass is 10.0. The standard InChI is InChI=1S/C17H22BrNOS/c1-3-6-15(17-7-5-10-21-17)19-14(4-2)13-11-12(18)8-9-16(13)20/h5,7-11,14-15,19-20H,3-4,6H2,1-2H3. The molecule has 2 nitrogen and oxygen atoms in total. The highest BCUT2D eigenvalue weighted by Gasteiger charge is 2.20. The molecular formula is C17H22BrNOS. The van der Waals surface area contributed by atoms with Gasteiger partial charge in [-0.1, -0.05) is 42.3 Å². The minimum absolute atomic E-state index is 0.154. The minimum Gasteiger partial charge on any atom is -0.508 e. The predicted octanol–water partition coefficient (Wildman–Crippen LogP) is 5.80. The highest BCUT2D eigenvalue weighted by Crippen LogP contribution is 2.33. The van der Waals surface area contributed by atoms with E-state index in [9.17, 15) is 5.11 Å². The van der Waals surface area contributed by atoms with Gasteiger partial charge in [0.15, 0.2) is 0 Å². The Morgan fingerprint density at radius 1 is 1.24 bits per heavy atom. The first-order valence-electron chi connectivity index (χ1n) is 7.43. The first-order chi connectivity index (χ1) is 10.2. The number of benzene rings is 1. The molecule has 0 saturated heterocycles. The molecular weight excluding hydrogens is 346 g/mol. The molecule has 114 valence electrons. The van der Waals surface area contributed by atoms with Crippen molar-refractivity contribution in [2.45, 2.75) is 45.2 Å². The minimum atomic E-state index is 0.154. The molecule has 2 aromatic rings. The quantitative estimate of drug-likeness (QED) is 0.648. The summed E-state index contributed by atoms with van der Waals surface area (Å²) < 4.78 is 0.999. The van der Waals surface area contributed by atoms with Crippen molar-refractivity contribution in [2.24, 2.45) is 0 Å². The van der Waals surface area contributed by atoms with Crippen LogP contribution in [0.3, 0.4) is 0 Å². The van der Waals surface area contributed by atoms with Gasteiger partial charge in [-0.2, -0.15) is 0 Å². The first kappa shape index (κ1) is 16.5. The lowest BCUT2D eigenvalue weighted by molar-refractivity contribution is 0.397. The Morgan fingerprint density at radius 3 is 2.67 bits per heavy atom. The molecule has 4 heteroatoms. The number of phenolic OH excluding ortho intramolecular Hbond substituents is 1. The van der Waals surface area contributed by atoms with Crippen LogP contribution in [0.5, 0.6) is 5.75 Å². The van der Waals surface area contributed by atoms with Crippen molar-refractivity contribution in [2.75, 3.05) is 0 Å². The Kier molecular flexibility index (Phi) is 6.27. The molecule has 0 aliphatic heterocycles. The monoisotopic (exact) mass is 367 g/mol. The smallest absolute Gasteiger partial charge is 0.120 e. The maximum Gasteiger partial charge on any atom is 0.120 e. The van der Waals surface area contributed by atoms with Crippen LogP contribution in [0.15, 0.2) is 40.2 Å². The summed E-state index contributed by atoms with van der Waals surface area (Å²) in [5.41, 5.74) is 0.963. The van der Waals surface area contributed by atoms with E-state index in [0.29, 0.717) is 11.8 Å². The molecule has 0 saturated carbocycles. The molecule has 0 aliphatic carbocycles. The fourth-order valence-electron chi connectivity index (χ4n) is 2.56.